The molecule has 2 heterocycles. The van der Waals surface area contributed by atoms with Crippen molar-refractivity contribution in [2.75, 3.05) is 6.61 Å². The lowest BCUT2D eigenvalue weighted by molar-refractivity contribution is 0.0791. The molecule has 110 valence electrons. The van der Waals surface area contributed by atoms with Crippen LogP contribution in [0.25, 0.3) is 16.5 Å². The number of nitrogens with two attached hydrogens (primary N) is 1. The zero-order valence-corrected chi connectivity index (χ0v) is 12.6. The lowest BCUT2D eigenvalue weighted by Crippen LogP contribution is -2.17. The number of aromatic nitrogens is 1. The van der Waals surface area contributed by atoms with E-state index in [1.54, 1.807) is 0 Å². The fourth-order valence-corrected chi connectivity index (χ4v) is 2.85. The Bertz CT molecular complexity index is 722. The van der Waals surface area contributed by atoms with Gasteiger partial charge in [0, 0.05) is 17.1 Å². The molecule has 0 spiro atoms. The highest BCUT2D eigenvalue weighted by atomic mass is 16.6. The highest BCUT2D eigenvalue weighted by Gasteiger charge is 2.18. The van der Waals surface area contributed by atoms with E-state index in [2.05, 4.69) is 31.0 Å². The Labute approximate surface area is 124 Å². The van der Waals surface area contributed by atoms with Crippen molar-refractivity contribution in [3.63, 3.8) is 0 Å². The van der Waals surface area contributed by atoms with Crippen molar-refractivity contribution < 1.29 is 9.57 Å². The summed E-state index contributed by atoms with van der Waals surface area (Å²) in [6.45, 7) is 6.86. The molecular weight excluding hydrogens is 264 g/mol. The molecule has 1 aromatic heterocycles. The van der Waals surface area contributed by atoms with Crippen molar-refractivity contribution in [1.82, 2.24) is 4.98 Å². The molecule has 1 aliphatic rings. The molecule has 0 bridgehead atoms. The number of pyridine rings is 1. The van der Waals surface area contributed by atoms with Crippen LogP contribution in [0.2, 0.25) is 0 Å². The second-order valence-corrected chi connectivity index (χ2v) is 5.70. The normalized spacial score (nSPS) is 19.1. The Balaban J connectivity index is 2.15. The maximum atomic E-state index is 5.67. The average Bonchev–Trinajstić information content (AvgIpc) is 2.48. The number of ether oxygens (including phenoxy) is 1. The van der Waals surface area contributed by atoms with E-state index in [0.29, 0.717) is 12.4 Å². The highest BCUT2D eigenvalue weighted by molar-refractivity contribution is 5.89. The van der Waals surface area contributed by atoms with Crippen LogP contribution in [0.5, 0.6) is 5.75 Å². The number of hydrogen-bond acceptors (Lipinski definition) is 4. The largest absolute Gasteiger partial charge is 0.411 e. The summed E-state index contributed by atoms with van der Waals surface area (Å²) >= 11 is 0. The van der Waals surface area contributed by atoms with Crippen LogP contribution in [0.4, 0.5) is 0 Å². The van der Waals surface area contributed by atoms with Crippen LogP contribution in [-0.2, 0) is 4.74 Å². The summed E-state index contributed by atoms with van der Waals surface area (Å²) in [6.07, 6.45) is 1.18. The van der Waals surface area contributed by atoms with Crippen LogP contribution in [0.15, 0.2) is 29.8 Å². The first kappa shape index (κ1) is 14.0. The van der Waals surface area contributed by atoms with Gasteiger partial charge in [-0.3, -0.25) is 4.98 Å². The fraction of sp³-hybridized carbons (Fsp3) is 0.353. The van der Waals surface area contributed by atoms with Crippen LogP contribution in [0.3, 0.4) is 0 Å². The van der Waals surface area contributed by atoms with Gasteiger partial charge in [-0.25, -0.2) is 0 Å². The van der Waals surface area contributed by atoms with Crippen molar-refractivity contribution in [2.24, 2.45) is 5.90 Å². The van der Waals surface area contributed by atoms with E-state index in [1.165, 1.54) is 16.7 Å². The first-order chi connectivity index (χ1) is 10.1. The quantitative estimate of drug-likeness (QED) is 0.859. The van der Waals surface area contributed by atoms with Crippen molar-refractivity contribution in [3.8, 4) is 5.75 Å². The number of fused-ring (bicyclic) bond motifs is 1. The lowest BCUT2D eigenvalue weighted by atomic mass is 9.93. The van der Waals surface area contributed by atoms with Gasteiger partial charge in [-0.1, -0.05) is 6.07 Å². The molecule has 0 fully saturated rings. The molecule has 0 saturated heterocycles. The summed E-state index contributed by atoms with van der Waals surface area (Å²) in [7, 11) is 0. The molecule has 1 aliphatic heterocycles. The third kappa shape index (κ3) is 2.64. The summed E-state index contributed by atoms with van der Waals surface area (Å²) in [5, 5.41) is 0.944. The van der Waals surface area contributed by atoms with Gasteiger partial charge in [0.15, 0.2) is 5.75 Å². The van der Waals surface area contributed by atoms with E-state index in [-0.39, 0.29) is 6.10 Å². The van der Waals surface area contributed by atoms with Crippen LogP contribution >= 0.6 is 0 Å². The topological polar surface area (TPSA) is 57.4 Å². The Hall–Kier alpha value is -1.91. The molecule has 0 amide bonds. The fourth-order valence-electron chi connectivity index (χ4n) is 2.85. The minimum absolute atomic E-state index is 0.251. The number of hydrogen-bond donors (Lipinski definition) is 1. The zero-order valence-electron chi connectivity index (χ0n) is 12.6. The van der Waals surface area contributed by atoms with E-state index in [0.717, 1.165) is 23.0 Å². The first-order valence-corrected chi connectivity index (χ1v) is 7.17. The predicted molar refractivity (Wildman–Crippen MR) is 83.9 cm³/mol. The van der Waals surface area contributed by atoms with E-state index in [9.17, 15) is 0 Å². The second kappa shape index (κ2) is 5.47. The molecule has 4 nitrogen and oxygen atoms in total. The number of benzene rings is 1. The van der Waals surface area contributed by atoms with Crippen molar-refractivity contribution >= 4 is 16.5 Å². The molecule has 3 rings (SSSR count). The summed E-state index contributed by atoms with van der Waals surface area (Å²) in [6, 6.07) is 8.12. The van der Waals surface area contributed by atoms with Gasteiger partial charge < -0.3 is 9.57 Å². The minimum Gasteiger partial charge on any atom is -0.411 e. The summed E-state index contributed by atoms with van der Waals surface area (Å²) < 4.78 is 5.67. The van der Waals surface area contributed by atoms with Crippen LogP contribution < -0.4 is 10.7 Å². The van der Waals surface area contributed by atoms with Crippen molar-refractivity contribution in [2.45, 2.75) is 33.3 Å². The smallest absolute Gasteiger partial charge is 0.158 e. The molecule has 2 aromatic rings. The third-order valence-corrected chi connectivity index (χ3v) is 3.97. The maximum Gasteiger partial charge on any atom is 0.158 e. The molecule has 0 aliphatic carbocycles. The van der Waals surface area contributed by atoms with Gasteiger partial charge in [0.1, 0.15) is 0 Å². The van der Waals surface area contributed by atoms with Gasteiger partial charge in [0.05, 0.1) is 18.2 Å². The van der Waals surface area contributed by atoms with Gasteiger partial charge in [-0.15, -0.1) is 0 Å². The summed E-state index contributed by atoms with van der Waals surface area (Å²) in [5.41, 5.74) is 5.62. The van der Waals surface area contributed by atoms with Crippen LogP contribution in [0, 0.1) is 6.92 Å². The standard InChI is InChI=1S/C17H20N2O2/c1-10-9-20-12(3)7-14(10)13-4-5-16-15(8-13)17(21-18)6-11(2)19-16/h4-6,8,12H,7,9,18H2,1-3H3. The predicted octanol–water partition coefficient (Wildman–Crippen LogP) is 3.38. The molecule has 2 N–H and O–H groups in total. The monoisotopic (exact) mass is 284 g/mol. The summed E-state index contributed by atoms with van der Waals surface area (Å²) in [5.74, 6) is 6.07. The Morgan fingerprint density at radius 2 is 2.10 bits per heavy atom. The van der Waals surface area contributed by atoms with Gasteiger partial charge in [-0.2, -0.15) is 5.90 Å². The van der Waals surface area contributed by atoms with E-state index >= 15 is 0 Å². The van der Waals surface area contributed by atoms with Crippen molar-refractivity contribution in [1.29, 1.82) is 0 Å². The minimum atomic E-state index is 0.251. The number of nitrogens with zero attached hydrogens (tertiary/aromatic N) is 1. The van der Waals surface area contributed by atoms with Crippen molar-refractivity contribution in [3.05, 3.63) is 41.1 Å². The van der Waals surface area contributed by atoms with Gasteiger partial charge in [0.25, 0.3) is 0 Å². The molecular formula is C17H20N2O2. The number of rotatable bonds is 2. The summed E-state index contributed by atoms with van der Waals surface area (Å²) in [4.78, 5) is 9.55. The lowest BCUT2D eigenvalue weighted by Gasteiger charge is -2.24. The Morgan fingerprint density at radius 3 is 2.86 bits per heavy atom. The Morgan fingerprint density at radius 1 is 1.29 bits per heavy atom. The SMILES string of the molecule is CC1=C(c2ccc3nc(C)cc(ON)c3c2)CC(C)OC1. The van der Waals surface area contributed by atoms with Crippen LogP contribution in [0.1, 0.15) is 31.5 Å². The molecule has 1 aromatic carbocycles. The van der Waals surface area contributed by atoms with E-state index < -0.39 is 0 Å². The Kier molecular flexibility index (Phi) is 3.66. The van der Waals surface area contributed by atoms with Crippen LogP contribution in [-0.4, -0.2) is 17.7 Å². The molecule has 4 heteroatoms. The second-order valence-electron chi connectivity index (χ2n) is 5.70. The molecule has 1 unspecified atom stereocenters. The zero-order chi connectivity index (χ0) is 15.0. The first-order valence-electron chi connectivity index (χ1n) is 7.17. The molecule has 0 saturated carbocycles. The van der Waals surface area contributed by atoms with E-state index in [4.69, 9.17) is 15.5 Å². The van der Waals surface area contributed by atoms with E-state index in [1.807, 2.05) is 19.1 Å². The maximum absolute atomic E-state index is 5.67. The number of aryl methyl sites for hydroxylation is 1. The molecule has 21 heavy (non-hydrogen) atoms. The molecule has 0 radical (unpaired) electrons. The van der Waals surface area contributed by atoms with Gasteiger partial charge >= 0.3 is 0 Å². The van der Waals surface area contributed by atoms with Gasteiger partial charge in [-0.05, 0) is 56.0 Å². The highest BCUT2D eigenvalue weighted by Crippen LogP contribution is 2.33. The molecule has 1 atom stereocenters. The third-order valence-electron chi connectivity index (χ3n) is 3.97. The average molecular weight is 284 g/mol. The van der Waals surface area contributed by atoms with Gasteiger partial charge in [0.2, 0.25) is 0 Å².